The summed E-state index contributed by atoms with van der Waals surface area (Å²) in [6.07, 6.45) is 4.40. The van der Waals surface area contributed by atoms with Gasteiger partial charge in [-0.3, -0.25) is 4.68 Å². The van der Waals surface area contributed by atoms with Gasteiger partial charge in [0.15, 0.2) is 0 Å². The van der Waals surface area contributed by atoms with Gasteiger partial charge in [-0.1, -0.05) is 21.3 Å². The molecule has 1 aromatic heterocycles. The van der Waals surface area contributed by atoms with Gasteiger partial charge in [0.2, 0.25) is 0 Å². The molecule has 23 heavy (non-hydrogen) atoms. The highest BCUT2D eigenvalue weighted by molar-refractivity contribution is 5.68. The van der Waals surface area contributed by atoms with Crippen LogP contribution in [0.25, 0.3) is 0 Å². The fourth-order valence-corrected chi connectivity index (χ4v) is 2.21. The predicted molar refractivity (Wildman–Crippen MR) is 91.8 cm³/mol. The Kier molecular flexibility index (Phi) is 8.50. The summed E-state index contributed by atoms with van der Waals surface area (Å²) < 4.78 is 7.10. The smallest absolute Gasteiger partial charge is 0.410 e. The molecule has 7 heteroatoms. The lowest BCUT2D eigenvalue weighted by atomic mass is 10.1. The third kappa shape index (κ3) is 6.38. The van der Waals surface area contributed by atoms with Crippen molar-refractivity contribution in [2.24, 2.45) is 5.18 Å². The fraction of sp³-hybridized carbons (Fsp3) is 0.750. The van der Waals surface area contributed by atoms with Gasteiger partial charge in [0.05, 0.1) is 18.4 Å². The van der Waals surface area contributed by atoms with Crippen molar-refractivity contribution in [3.05, 3.63) is 17.3 Å². The average Bonchev–Trinajstić information content (AvgIpc) is 2.97. The maximum Gasteiger partial charge on any atom is 0.410 e. The van der Waals surface area contributed by atoms with Crippen molar-refractivity contribution in [1.29, 1.82) is 0 Å². The first-order valence-electron chi connectivity index (χ1n) is 7.74. The Bertz CT molecular complexity index is 486. The molecule has 1 fully saturated rings. The monoisotopic (exact) mass is 326 g/mol. The number of likely N-dealkylation sites (tertiary alicyclic amines) is 1. The summed E-state index contributed by atoms with van der Waals surface area (Å²) in [5, 5.41) is 6.98. The van der Waals surface area contributed by atoms with Gasteiger partial charge in [-0.15, -0.1) is 4.91 Å². The van der Waals surface area contributed by atoms with Gasteiger partial charge in [0.25, 0.3) is 0 Å². The summed E-state index contributed by atoms with van der Waals surface area (Å²) in [7, 11) is 0. The van der Waals surface area contributed by atoms with E-state index in [-0.39, 0.29) is 19.6 Å². The number of hydrogen-bond acceptors (Lipinski definition) is 5. The van der Waals surface area contributed by atoms with Crippen LogP contribution in [0.2, 0.25) is 0 Å². The zero-order chi connectivity index (χ0) is 16.8. The lowest BCUT2D eigenvalue weighted by Crippen LogP contribution is -2.42. The second-order valence-corrected chi connectivity index (χ2v) is 5.97. The van der Waals surface area contributed by atoms with Crippen LogP contribution in [0.4, 0.5) is 10.5 Å². The summed E-state index contributed by atoms with van der Waals surface area (Å²) in [5.74, 6) is 0. The van der Waals surface area contributed by atoms with Crippen LogP contribution in [-0.4, -0.2) is 39.5 Å². The third-order valence-corrected chi connectivity index (χ3v) is 3.18. The van der Waals surface area contributed by atoms with E-state index in [1.54, 1.807) is 15.8 Å². The van der Waals surface area contributed by atoms with Crippen LogP contribution in [0.5, 0.6) is 0 Å². The first kappa shape index (κ1) is 21.1. The molecule has 0 spiro atoms. The number of piperidine rings is 1. The number of aromatic nitrogens is 2. The normalized spacial score (nSPS) is 15.1. The Hall–Kier alpha value is -1.92. The van der Waals surface area contributed by atoms with Crippen molar-refractivity contribution in [2.45, 2.75) is 66.5 Å². The quantitative estimate of drug-likeness (QED) is 0.749. The summed E-state index contributed by atoms with van der Waals surface area (Å²) in [6, 6.07) is 0.198. The fourth-order valence-electron chi connectivity index (χ4n) is 2.21. The zero-order valence-electron chi connectivity index (χ0n) is 14.1. The number of amides is 1. The Morgan fingerprint density at radius 3 is 2.30 bits per heavy atom. The SMILES string of the molecule is C.CC.CC(C)(C)OC(=O)N1CCC(n2cc(N=O)cn2)CC1. The van der Waals surface area contributed by atoms with Gasteiger partial charge >= 0.3 is 6.09 Å². The van der Waals surface area contributed by atoms with Gasteiger partial charge in [0, 0.05) is 13.1 Å². The van der Waals surface area contributed by atoms with Crippen LogP contribution in [0.3, 0.4) is 0 Å². The number of nitrogens with zero attached hydrogens (tertiary/aromatic N) is 4. The van der Waals surface area contributed by atoms with Crippen LogP contribution >= 0.6 is 0 Å². The molecule has 1 amide bonds. The minimum Gasteiger partial charge on any atom is -0.444 e. The van der Waals surface area contributed by atoms with E-state index < -0.39 is 5.60 Å². The Labute approximate surface area is 139 Å². The maximum absolute atomic E-state index is 11.9. The molecule has 1 aliphatic heterocycles. The van der Waals surface area contributed by atoms with Crippen molar-refractivity contribution in [1.82, 2.24) is 14.7 Å². The van der Waals surface area contributed by atoms with E-state index in [1.807, 2.05) is 34.6 Å². The highest BCUT2D eigenvalue weighted by Crippen LogP contribution is 2.24. The molecule has 132 valence electrons. The van der Waals surface area contributed by atoms with Gasteiger partial charge in [-0.25, -0.2) is 4.79 Å². The second-order valence-electron chi connectivity index (χ2n) is 5.97. The molecular weight excluding hydrogens is 296 g/mol. The van der Waals surface area contributed by atoms with Crippen LogP contribution in [0, 0.1) is 4.91 Å². The summed E-state index contributed by atoms with van der Waals surface area (Å²) in [4.78, 5) is 24.0. The standard InChI is InChI=1S/C13H20N4O3.C2H6.CH4/c1-13(2,3)20-12(18)16-6-4-11(5-7-16)17-9-10(15-19)8-14-17;1-2;/h8-9,11H,4-7H2,1-3H3;1-2H3;1H4. The summed E-state index contributed by atoms with van der Waals surface area (Å²) in [6.45, 7) is 10.8. The van der Waals surface area contributed by atoms with E-state index in [0.717, 1.165) is 12.8 Å². The molecule has 0 radical (unpaired) electrons. The molecule has 0 N–H and O–H groups in total. The molecule has 0 saturated carbocycles. The first-order chi connectivity index (χ1) is 10.4. The minimum absolute atomic E-state index is 0. The van der Waals surface area contributed by atoms with Crippen LogP contribution in [0.15, 0.2) is 17.6 Å². The minimum atomic E-state index is -0.472. The average molecular weight is 326 g/mol. The van der Waals surface area contributed by atoms with Crippen molar-refractivity contribution in [2.75, 3.05) is 13.1 Å². The van der Waals surface area contributed by atoms with Gasteiger partial charge in [-0.2, -0.15) is 5.10 Å². The molecule has 0 bridgehead atoms. The van der Waals surface area contributed by atoms with Crippen molar-refractivity contribution >= 4 is 11.8 Å². The number of nitroso groups, excluding NO2 is 1. The highest BCUT2D eigenvalue weighted by atomic mass is 16.6. The van der Waals surface area contributed by atoms with Crippen molar-refractivity contribution in [3.63, 3.8) is 0 Å². The number of ether oxygens (including phenoxy) is 1. The Morgan fingerprint density at radius 2 is 1.87 bits per heavy atom. The number of hydrogen-bond donors (Lipinski definition) is 0. The topological polar surface area (TPSA) is 76.8 Å². The lowest BCUT2D eigenvalue weighted by Gasteiger charge is -2.33. The molecule has 0 atom stereocenters. The molecular formula is C16H30N4O3. The maximum atomic E-state index is 11.9. The van der Waals surface area contributed by atoms with E-state index in [2.05, 4.69) is 10.3 Å². The van der Waals surface area contributed by atoms with Crippen LogP contribution < -0.4 is 0 Å². The van der Waals surface area contributed by atoms with E-state index in [1.165, 1.54) is 6.20 Å². The molecule has 0 aliphatic carbocycles. The molecule has 2 rings (SSSR count). The summed E-state index contributed by atoms with van der Waals surface area (Å²) in [5.41, 5.74) is -0.139. The van der Waals surface area contributed by atoms with Gasteiger partial charge in [-0.05, 0) is 38.8 Å². The van der Waals surface area contributed by atoms with E-state index in [0.29, 0.717) is 18.8 Å². The first-order valence-corrected chi connectivity index (χ1v) is 7.74. The van der Waals surface area contributed by atoms with Crippen molar-refractivity contribution in [3.8, 4) is 0 Å². The van der Waals surface area contributed by atoms with E-state index in [4.69, 9.17) is 4.74 Å². The van der Waals surface area contributed by atoms with E-state index in [9.17, 15) is 9.70 Å². The Balaban J connectivity index is 0.00000155. The lowest BCUT2D eigenvalue weighted by molar-refractivity contribution is 0.0185. The van der Waals surface area contributed by atoms with Crippen molar-refractivity contribution < 1.29 is 9.53 Å². The highest BCUT2D eigenvalue weighted by Gasteiger charge is 2.27. The molecule has 0 unspecified atom stereocenters. The predicted octanol–water partition coefficient (Wildman–Crippen LogP) is 4.52. The van der Waals surface area contributed by atoms with Gasteiger partial charge < -0.3 is 9.64 Å². The van der Waals surface area contributed by atoms with Crippen LogP contribution in [-0.2, 0) is 4.74 Å². The number of carbonyl (C=O) groups is 1. The number of rotatable bonds is 2. The second kappa shape index (κ2) is 9.27. The number of carbonyl (C=O) groups excluding carboxylic acids is 1. The summed E-state index contributed by atoms with van der Waals surface area (Å²) >= 11 is 0. The van der Waals surface area contributed by atoms with E-state index >= 15 is 0 Å². The molecule has 0 aromatic carbocycles. The molecule has 1 saturated heterocycles. The third-order valence-electron chi connectivity index (χ3n) is 3.18. The largest absolute Gasteiger partial charge is 0.444 e. The zero-order valence-corrected chi connectivity index (χ0v) is 14.1. The van der Waals surface area contributed by atoms with Crippen LogP contribution in [0.1, 0.15) is 60.9 Å². The molecule has 1 aromatic rings. The molecule has 7 nitrogen and oxygen atoms in total. The Morgan fingerprint density at radius 1 is 1.30 bits per heavy atom. The van der Waals surface area contributed by atoms with Gasteiger partial charge in [0.1, 0.15) is 11.3 Å². The molecule has 1 aliphatic rings. The molecule has 2 heterocycles.